The predicted octanol–water partition coefficient (Wildman–Crippen LogP) is 5.17. The fourth-order valence-corrected chi connectivity index (χ4v) is 4.94. The van der Waals surface area contributed by atoms with Crippen molar-refractivity contribution in [3.8, 4) is 0 Å². The van der Waals surface area contributed by atoms with Crippen LogP contribution in [0.2, 0.25) is 6.04 Å². The van der Waals surface area contributed by atoms with Crippen molar-refractivity contribution >= 4 is 8.56 Å². The van der Waals surface area contributed by atoms with Gasteiger partial charge in [0.15, 0.2) is 0 Å². The molecule has 0 aliphatic rings. The zero-order valence-corrected chi connectivity index (χ0v) is 16.9. The van der Waals surface area contributed by atoms with Crippen LogP contribution in [0.4, 0.5) is 0 Å². The average molecular weight is 346 g/mol. The Labute approximate surface area is 146 Å². The summed E-state index contributed by atoms with van der Waals surface area (Å²) in [5.74, 6) is 0. The lowest BCUT2D eigenvalue weighted by molar-refractivity contribution is 0.331. The van der Waals surface area contributed by atoms with Gasteiger partial charge >= 0.3 is 8.56 Å². The maximum Gasteiger partial charge on any atom is 0.350 e. The molecule has 3 nitrogen and oxygen atoms in total. The SMILES string of the molecule is CCCCCCCCCCCCCCCC(N)[Si](O)(O)CCC. The van der Waals surface area contributed by atoms with E-state index >= 15 is 0 Å². The molecule has 0 radical (unpaired) electrons. The van der Waals surface area contributed by atoms with Crippen molar-refractivity contribution in [3.63, 3.8) is 0 Å². The Hall–Kier alpha value is 0.0969. The molecule has 0 heterocycles. The first-order chi connectivity index (χ1) is 11.0. The van der Waals surface area contributed by atoms with Crippen LogP contribution in [-0.4, -0.2) is 23.8 Å². The van der Waals surface area contributed by atoms with Crippen LogP contribution in [-0.2, 0) is 0 Å². The summed E-state index contributed by atoms with van der Waals surface area (Å²) in [5, 5.41) is 0. The standard InChI is InChI=1S/C19H43NO2Si/c1-3-5-6-7-8-9-10-11-12-13-14-15-16-17-19(20)23(21,22)18-4-2/h19,21-22H,3-18,20H2,1-2H3. The highest BCUT2D eigenvalue weighted by atomic mass is 28.4. The first kappa shape index (κ1) is 23.1. The van der Waals surface area contributed by atoms with Crippen molar-refractivity contribution in [1.82, 2.24) is 0 Å². The number of rotatable bonds is 17. The van der Waals surface area contributed by atoms with Gasteiger partial charge in [-0.1, -0.05) is 104 Å². The van der Waals surface area contributed by atoms with Crippen LogP contribution in [0, 0.1) is 0 Å². The molecule has 1 atom stereocenters. The Morgan fingerprint density at radius 3 is 1.43 bits per heavy atom. The molecule has 0 aliphatic heterocycles. The summed E-state index contributed by atoms with van der Waals surface area (Å²) in [4.78, 5) is 19.9. The van der Waals surface area contributed by atoms with Gasteiger partial charge in [-0.25, -0.2) is 0 Å². The van der Waals surface area contributed by atoms with Gasteiger partial charge in [0.05, 0.1) is 0 Å². The first-order valence-corrected chi connectivity index (χ1v) is 12.4. The van der Waals surface area contributed by atoms with E-state index in [2.05, 4.69) is 6.92 Å². The van der Waals surface area contributed by atoms with Gasteiger partial charge in [0.2, 0.25) is 0 Å². The normalized spacial score (nSPS) is 13.4. The van der Waals surface area contributed by atoms with Crippen LogP contribution in [0.5, 0.6) is 0 Å². The predicted molar refractivity (Wildman–Crippen MR) is 104 cm³/mol. The van der Waals surface area contributed by atoms with Crippen LogP contribution in [0.3, 0.4) is 0 Å². The summed E-state index contributed by atoms with van der Waals surface area (Å²) in [5.41, 5.74) is 5.57. The molecule has 4 heteroatoms. The lowest BCUT2D eigenvalue weighted by Crippen LogP contribution is -2.53. The minimum Gasteiger partial charge on any atom is -0.410 e. The van der Waals surface area contributed by atoms with E-state index in [1.165, 1.54) is 77.0 Å². The van der Waals surface area contributed by atoms with Crippen molar-refractivity contribution < 1.29 is 9.59 Å². The van der Waals surface area contributed by atoms with E-state index in [-0.39, 0.29) is 5.67 Å². The first-order valence-electron chi connectivity index (χ1n) is 10.2. The summed E-state index contributed by atoms with van der Waals surface area (Å²) < 4.78 is 0. The highest BCUT2D eigenvalue weighted by Crippen LogP contribution is 2.16. The van der Waals surface area contributed by atoms with Gasteiger partial charge in [0, 0.05) is 5.67 Å². The quantitative estimate of drug-likeness (QED) is 0.252. The second-order valence-electron chi connectivity index (χ2n) is 7.27. The van der Waals surface area contributed by atoms with E-state index in [1.54, 1.807) is 0 Å². The van der Waals surface area contributed by atoms with Gasteiger partial charge in [-0.15, -0.1) is 0 Å². The van der Waals surface area contributed by atoms with Crippen molar-refractivity contribution in [2.75, 3.05) is 0 Å². The van der Waals surface area contributed by atoms with Gasteiger partial charge in [-0.3, -0.25) is 0 Å². The maximum absolute atomic E-state index is 9.94. The second-order valence-corrected chi connectivity index (χ2v) is 10.3. The van der Waals surface area contributed by atoms with E-state index < -0.39 is 8.56 Å². The van der Waals surface area contributed by atoms with Gasteiger partial charge in [0.1, 0.15) is 0 Å². The van der Waals surface area contributed by atoms with Crippen LogP contribution >= 0.6 is 0 Å². The van der Waals surface area contributed by atoms with Crippen molar-refractivity contribution in [1.29, 1.82) is 0 Å². The minimum atomic E-state index is -3.13. The average Bonchev–Trinajstić information content (AvgIpc) is 2.51. The highest BCUT2D eigenvalue weighted by molar-refractivity contribution is 6.66. The molecule has 0 aliphatic carbocycles. The third-order valence-corrected chi connectivity index (χ3v) is 7.54. The molecule has 140 valence electrons. The van der Waals surface area contributed by atoms with Crippen LogP contribution < -0.4 is 5.73 Å². The Morgan fingerprint density at radius 1 is 0.652 bits per heavy atom. The molecule has 0 saturated heterocycles. The molecular weight excluding hydrogens is 302 g/mol. The third-order valence-electron chi connectivity index (χ3n) is 4.83. The molecule has 0 rings (SSSR count). The molecule has 23 heavy (non-hydrogen) atoms. The summed E-state index contributed by atoms with van der Waals surface area (Å²) >= 11 is 0. The molecule has 0 aromatic rings. The molecule has 0 fully saturated rings. The molecule has 4 N–H and O–H groups in total. The van der Waals surface area contributed by atoms with Gasteiger partial charge < -0.3 is 15.3 Å². The van der Waals surface area contributed by atoms with Gasteiger partial charge in [-0.2, -0.15) is 0 Å². The monoisotopic (exact) mass is 345 g/mol. The van der Waals surface area contributed by atoms with E-state index in [9.17, 15) is 9.59 Å². The Balaban J connectivity index is 3.27. The number of unbranched alkanes of at least 4 members (excludes halogenated alkanes) is 12. The van der Waals surface area contributed by atoms with Crippen molar-refractivity contribution in [2.45, 2.75) is 122 Å². The largest absolute Gasteiger partial charge is 0.410 e. The van der Waals surface area contributed by atoms with Crippen LogP contribution in [0.1, 0.15) is 110 Å². The summed E-state index contributed by atoms with van der Waals surface area (Å²) in [7, 11) is -3.13. The zero-order valence-electron chi connectivity index (χ0n) is 15.9. The highest BCUT2D eigenvalue weighted by Gasteiger charge is 2.35. The maximum atomic E-state index is 9.94. The van der Waals surface area contributed by atoms with Gasteiger partial charge in [-0.05, 0) is 12.5 Å². The van der Waals surface area contributed by atoms with Crippen LogP contribution in [0.15, 0.2) is 0 Å². The fraction of sp³-hybridized carbons (Fsp3) is 1.00. The topological polar surface area (TPSA) is 66.5 Å². The van der Waals surface area contributed by atoms with E-state index in [4.69, 9.17) is 5.73 Å². The number of hydrogen-bond acceptors (Lipinski definition) is 3. The third kappa shape index (κ3) is 14.2. The Morgan fingerprint density at radius 2 is 1.04 bits per heavy atom. The lowest BCUT2D eigenvalue weighted by Gasteiger charge is -2.24. The van der Waals surface area contributed by atoms with Gasteiger partial charge in [0.25, 0.3) is 0 Å². The molecular formula is C19H43NO2Si. The molecule has 0 amide bonds. The van der Waals surface area contributed by atoms with E-state index in [0.717, 1.165) is 19.3 Å². The van der Waals surface area contributed by atoms with Crippen molar-refractivity contribution in [3.05, 3.63) is 0 Å². The fourth-order valence-electron chi connectivity index (χ4n) is 3.17. The Kier molecular flexibility index (Phi) is 15.7. The Bertz CT molecular complexity index is 250. The molecule has 0 bridgehead atoms. The second kappa shape index (κ2) is 15.6. The summed E-state index contributed by atoms with van der Waals surface area (Å²) in [6, 6.07) is 0.507. The molecule has 0 spiro atoms. The summed E-state index contributed by atoms with van der Waals surface area (Å²) in [6.07, 6.45) is 18.9. The molecule has 0 aromatic heterocycles. The van der Waals surface area contributed by atoms with Crippen LogP contribution in [0.25, 0.3) is 0 Å². The smallest absolute Gasteiger partial charge is 0.350 e. The van der Waals surface area contributed by atoms with Crippen molar-refractivity contribution in [2.24, 2.45) is 5.73 Å². The number of nitrogens with two attached hydrogens (primary N) is 1. The van der Waals surface area contributed by atoms with E-state index in [0.29, 0.717) is 6.04 Å². The number of hydrogen-bond donors (Lipinski definition) is 3. The zero-order chi connectivity index (χ0) is 17.4. The summed E-state index contributed by atoms with van der Waals surface area (Å²) in [6.45, 7) is 4.25. The molecule has 1 unspecified atom stereocenters. The molecule has 0 saturated carbocycles. The van der Waals surface area contributed by atoms with E-state index in [1.807, 2.05) is 6.92 Å². The minimum absolute atomic E-state index is 0.366. The lowest BCUT2D eigenvalue weighted by atomic mass is 10.0. The molecule has 0 aromatic carbocycles.